The fraction of sp³-hybridized carbons (Fsp3) is 0.357. The number of aromatic nitrogens is 2. The molecule has 0 radical (unpaired) electrons. The molecule has 18 heavy (non-hydrogen) atoms. The third-order valence-electron chi connectivity index (χ3n) is 3.30. The molecule has 0 aliphatic rings. The predicted molar refractivity (Wildman–Crippen MR) is 77.8 cm³/mol. The van der Waals surface area contributed by atoms with Crippen LogP contribution in [-0.2, 0) is 0 Å². The molecule has 1 atom stereocenters. The third-order valence-corrected chi connectivity index (χ3v) is 4.45. The first-order valence-electron chi connectivity index (χ1n) is 6.03. The largest absolute Gasteiger partial charge is 0.328 e. The van der Waals surface area contributed by atoms with Crippen molar-refractivity contribution < 1.29 is 0 Å². The van der Waals surface area contributed by atoms with Gasteiger partial charge in [-0.15, -0.1) is 0 Å². The van der Waals surface area contributed by atoms with E-state index >= 15 is 0 Å². The van der Waals surface area contributed by atoms with E-state index in [1.54, 1.807) is 0 Å². The Morgan fingerprint density at radius 2 is 1.94 bits per heavy atom. The second-order valence-corrected chi connectivity index (χ2v) is 5.33. The summed E-state index contributed by atoms with van der Waals surface area (Å²) >= 11 is 3.56. The smallest absolute Gasteiger partial charge is 0.0896 e. The van der Waals surface area contributed by atoms with Gasteiger partial charge in [-0.2, -0.15) is 5.10 Å². The van der Waals surface area contributed by atoms with Crippen molar-refractivity contribution in [1.29, 1.82) is 0 Å². The number of aryl methyl sites for hydroxylation is 2. The normalized spacial score (nSPS) is 12.7. The number of hydrogen-bond donors (Lipinski definition) is 1. The van der Waals surface area contributed by atoms with Gasteiger partial charge in [-0.25, -0.2) is 0 Å². The van der Waals surface area contributed by atoms with Crippen LogP contribution in [0.5, 0.6) is 0 Å². The lowest BCUT2D eigenvalue weighted by Crippen LogP contribution is -2.23. The molecule has 0 fully saturated rings. The Morgan fingerprint density at radius 1 is 1.28 bits per heavy atom. The fourth-order valence-corrected chi connectivity index (χ4v) is 2.53. The first-order chi connectivity index (χ1) is 8.56. The van der Waals surface area contributed by atoms with E-state index in [2.05, 4.69) is 47.0 Å². The Morgan fingerprint density at radius 3 is 2.44 bits per heavy atom. The van der Waals surface area contributed by atoms with Crippen LogP contribution >= 0.6 is 15.9 Å². The van der Waals surface area contributed by atoms with Crippen LogP contribution in [0, 0.1) is 20.8 Å². The van der Waals surface area contributed by atoms with Gasteiger partial charge < -0.3 is 5.73 Å². The molecule has 96 valence electrons. The van der Waals surface area contributed by atoms with Crippen molar-refractivity contribution in [1.82, 2.24) is 9.78 Å². The molecule has 4 heteroatoms. The molecule has 0 bridgehead atoms. The molecule has 0 aliphatic heterocycles. The average Bonchev–Trinajstić information content (AvgIpc) is 2.61. The second-order valence-electron chi connectivity index (χ2n) is 4.54. The summed E-state index contributed by atoms with van der Waals surface area (Å²) in [6.07, 6.45) is 0. The molecule has 0 amide bonds. The van der Waals surface area contributed by atoms with Crippen molar-refractivity contribution in [3.8, 4) is 0 Å². The number of halogens is 1. The minimum atomic E-state index is 0.0937. The molecule has 1 heterocycles. The standard InChI is InChI=1S/C14H18BrN3/c1-9-6-4-5-7-12(9)13(8-16)18-11(3)14(15)10(2)17-18/h4-7,13H,8,16H2,1-3H3. The molecule has 1 aromatic heterocycles. The molecule has 2 rings (SSSR count). The minimum absolute atomic E-state index is 0.0937. The van der Waals surface area contributed by atoms with Crippen LogP contribution in [0.15, 0.2) is 28.7 Å². The molecule has 2 N–H and O–H groups in total. The summed E-state index contributed by atoms with van der Waals surface area (Å²) in [5, 5.41) is 4.59. The maximum Gasteiger partial charge on any atom is 0.0896 e. The Kier molecular flexibility index (Phi) is 3.88. The highest BCUT2D eigenvalue weighted by molar-refractivity contribution is 9.10. The van der Waals surface area contributed by atoms with Crippen LogP contribution in [0.4, 0.5) is 0 Å². The van der Waals surface area contributed by atoms with Gasteiger partial charge in [0.25, 0.3) is 0 Å². The van der Waals surface area contributed by atoms with Gasteiger partial charge in [0.05, 0.1) is 21.9 Å². The first kappa shape index (κ1) is 13.3. The monoisotopic (exact) mass is 307 g/mol. The van der Waals surface area contributed by atoms with Gasteiger partial charge in [0, 0.05) is 6.54 Å². The van der Waals surface area contributed by atoms with Gasteiger partial charge in [-0.05, 0) is 47.8 Å². The van der Waals surface area contributed by atoms with E-state index < -0.39 is 0 Å². The van der Waals surface area contributed by atoms with E-state index in [-0.39, 0.29) is 6.04 Å². The second kappa shape index (κ2) is 5.24. The highest BCUT2D eigenvalue weighted by atomic mass is 79.9. The van der Waals surface area contributed by atoms with Crippen molar-refractivity contribution in [2.24, 2.45) is 5.73 Å². The lowest BCUT2D eigenvalue weighted by atomic mass is 10.0. The van der Waals surface area contributed by atoms with Crippen molar-refractivity contribution >= 4 is 15.9 Å². The van der Waals surface area contributed by atoms with Gasteiger partial charge in [-0.3, -0.25) is 4.68 Å². The molecular formula is C14H18BrN3. The van der Waals surface area contributed by atoms with Gasteiger partial charge in [-0.1, -0.05) is 24.3 Å². The van der Waals surface area contributed by atoms with E-state index in [4.69, 9.17) is 5.73 Å². The average molecular weight is 308 g/mol. The predicted octanol–water partition coefficient (Wildman–Crippen LogP) is 3.12. The number of benzene rings is 1. The maximum absolute atomic E-state index is 5.96. The topological polar surface area (TPSA) is 43.8 Å². The SMILES string of the molecule is Cc1ccccc1C(CN)n1nc(C)c(Br)c1C. The van der Waals surface area contributed by atoms with Crippen molar-refractivity contribution in [3.63, 3.8) is 0 Å². The number of rotatable bonds is 3. The van der Waals surface area contributed by atoms with Gasteiger partial charge in [0.2, 0.25) is 0 Å². The summed E-state index contributed by atoms with van der Waals surface area (Å²) in [7, 11) is 0. The lowest BCUT2D eigenvalue weighted by Gasteiger charge is -2.19. The van der Waals surface area contributed by atoms with Gasteiger partial charge in [0.1, 0.15) is 0 Å². The molecule has 0 saturated heterocycles. The summed E-state index contributed by atoms with van der Waals surface area (Å²) in [5.74, 6) is 0. The van der Waals surface area contributed by atoms with E-state index in [9.17, 15) is 0 Å². The summed E-state index contributed by atoms with van der Waals surface area (Å²) in [4.78, 5) is 0. The molecule has 1 unspecified atom stereocenters. The zero-order chi connectivity index (χ0) is 13.3. The summed E-state index contributed by atoms with van der Waals surface area (Å²) in [6, 6.07) is 8.42. The van der Waals surface area contributed by atoms with Crippen molar-refractivity contribution in [2.75, 3.05) is 6.54 Å². The third kappa shape index (κ3) is 2.22. The molecule has 0 aliphatic carbocycles. The molecule has 3 nitrogen and oxygen atoms in total. The molecule has 2 aromatic rings. The minimum Gasteiger partial charge on any atom is -0.328 e. The lowest BCUT2D eigenvalue weighted by molar-refractivity contribution is 0.514. The van der Waals surface area contributed by atoms with Crippen LogP contribution in [0.25, 0.3) is 0 Å². The Bertz CT molecular complexity index is 560. The van der Waals surface area contributed by atoms with Crippen LogP contribution in [0.3, 0.4) is 0 Å². The van der Waals surface area contributed by atoms with E-state index in [0.717, 1.165) is 15.9 Å². The van der Waals surface area contributed by atoms with Crippen LogP contribution < -0.4 is 5.73 Å². The molecule has 0 saturated carbocycles. The van der Waals surface area contributed by atoms with Crippen molar-refractivity contribution in [2.45, 2.75) is 26.8 Å². The van der Waals surface area contributed by atoms with E-state index in [0.29, 0.717) is 6.54 Å². The summed E-state index contributed by atoms with van der Waals surface area (Å²) in [5.41, 5.74) is 10.6. The summed E-state index contributed by atoms with van der Waals surface area (Å²) in [6.45, 7) is 6.71. The number of nitrogens with zero attached hydrogens (tertiary/aromatic N) is 2. The maximum atomic E-state index is 5.96. The highest BCUT2D eigenvalue weighted by Gasteiger charge is 2.19. The van der Waals surface area contributed by atoms with Crippen molar-refractivity contribution in [3.05, 3.63) is 51.3 Å². The zero-order valence-corrected chi connectivity index (χ0v) is 12.5. The molecular weight excluding hydrogens is 290 g/mol. The molecule has 1 aromatic carbocycles. The fourth-order valence-electron chi connectivity index (χ4n) is 2.27. The van der Waals surface area contributed by atoms with E-state index in [1.807, 2.05) is 23.7 Å². The zero-order valence-electron chi connectivity index (χ0n) is 10.9. The van der Waals surface area contributed by atoms with Crippen LogP contribution in [-0.4, -0.2) is 16.3 Å². The first-order valence-corrected chi connectivity index (χ1v) is 6.82. The van der Waals surface area contributed by atoms with Crippen LogP contribution in [0.1, 0.15) is 28.6 Å². The number of nitrogens with two attached hydrogens (primary N) is 1. The number of hydrogen-bond acceptors (Lipinski definition) is 2. The Labute approximate surface area is 116 Å². The quantitative estimate of drug-likeness (QED) is 0.947. The Balaban J connectivity index is 2.52. The highest BCUT2D eigenvalue weighted by Crippen LogP contribution is 2.27. The summed E-state index contributed by atoms with van der Waals surface area (Å²) < 4.78 is 3.08. The Hall–Kier alpha value is -1.13. The van der Waals surface area contributed by atoms with Crippen LogP contribution in [0.2, 0.25) is 0 Å². The van der Waals surface area contributed by atoms with Gasteiger partial charge in [0.15, 0.2) is 0 Å². The van der Waals surface area contributed by atoms with E-state index in [1.165, 1.54) is 11.1 Å². The molecule has 0 spiro atoms. The van der Waals surface area contributed by atoms with Gasteiger partial charge >= 0.3 is 0 Å².